The smallest absolute Gasteiger partial charge is 0.247 e. The van der Waals surface area contributed by atoms with Crippen molar-refractivity contribution in [2.45, 2.75) is 24.7 Å². The molecular formula is C15H19NO4S. The lowest BCUT2D eigenvalue weighted by Gasteiger charge is -2.26. The third-order valence-electron chi connectivity index (χ3n) is 3.83. The first-order valence-electron chi connectivity index (χ1n) is 6.82. The molecule has 1 aromatic rings. The number of hydroxylamine groups is 1. The van der Waals surface area contributed by atoms with Crippen LogP contribution in [-0.2, 0) is 14.6 Å². The molecule has 0 saturated heterocycles. The third kappa shape index (κ3) is 3.71. The van der Waals surface area contributed by atoms with Crippen molar-refractivity contribution in [3.8, 4) is 0 Å². The molecule has 0 bridgehead atoms. The third-order valence-corrected chi connectivity index (χ3v) is 5.68. The first-order valence-corrected chi connectivity index (χ1v) is 8.47. The van der Waals surface area contributed by atoms with Crippen molar-refractivity contribution in [1.82, 2.24) is 5.48 Å². The molecule has 0 spiro atoms. The van der Waals surface area contributed by atoms with Gasteiger partial charge < -0.3 is 0 Å². The largest absolute Gasteiger partial charge is 0.289 e. The maximum Gasteiger partial charge on any atom is 0.247 e. The molecule has 114 valence electrons. The van der Waals surface area contributed by atoms with Crippen LogP contribution in [0.3, 0.4) is 0 Å². The first kappa shape index (κ1) is 15.7. The molecule has 0 fully saturated rings. The van der Waals surface area contributed by atoms with Crippen molar-refractivity contribution in [3.63, 3.8) is 0 Å². The number of sulfone groups is 1. The molecule has 2 unspecified atom stereocenters. The van der Waals surface area contributed by atoms with E-state index in [4.69, 9.17) is 5.21 Å². The minimum Gasteiger partial charge on any atom is -0.289 e. The van der Waals surface area contributed by atoms with Gasteiger partial charge in [-0.2, -0.15) is 0 Å². The Kier molecular flexibility index (Phi) is 4.80. The summed E-state index contributed by atoms with van der Waals surface area (Å²) in [5.74, 6) is -1.46. The molecule has 2 rings (SSSR count). The zero-order valence-corrected chi connectivity index (χ0v) is 12.6. The number of nitrogens with one attached hydrogen (secondary N) is 1. The van der Waals surface area contributed by atoms with Gasteiger partial charge in [0, 0.05) is 5.92 Å². The van der Waals surface area contributed by atoms with Crippen LogP contribution >= 0.6 is 0 Å². The highest BCUT2D eigenvalue weighted by molar-refractivity contribution is 7.91. The fourth-order valence-corrected chi connectivity index (χ4v) is 4.26. The Hall–Kier alpha value is -1.66. The Morgan fingerprint density at radius 3 is 2.48 bits per heavy atom. The van der Waals surface area contributed by atoms with Gasteiger partial charge in [-0.3, -0.25) is 10.0 Å². The summed E-state index contributed by atoms with van der Waals surface area (Å²) in [6, 6.07) is 6.69. The van der Waals surface area contributed by atoms with Crippen molar-refractivity contribution in [3.05, 3.63) is 42.0 Å². The Morgan fingerprint density at radius 2 is 1.86 bits per heavy atom. The van der Waals surface area contributed by atoms with E-state index >= 15 is 0 Å². The average Bonchev–Trinajstić information content (AvgIpc) is 2.47. The number of hydrogen-bond acceptors (Lipinski definition) is 4. The van der Waals surface area contributed by atoms with Gasteiger partial charge in [-0.25, -0.2) is 13.9 Å². The number of amides is 1. The molecule has 6 heteroatoms. The van der Waals surface area contributed by atoms with Crippen molar-refractivity contribution in [1.29, 1.82) is 0 Å². The Bertz CT molecular complexity index is 634. The fourth-order valence-electron chi connectivity index (χ4n) is 2.58. The van der Waals surface area contributed by atoms with E-state index in [0.717, 1.165) is 5.56 Å². The Balaban J connectivity index is 2.20. The Morgan fingerprint density at radius 1 is 1.24 bits per heavy atom. The maximum absolute atomic E-state index is 12.4. The van der Waals surface area contributed by atoms with Crippen LogP contribution in [0.2, 0.25) is 0 Å². The summed E-state index contributed by atoms with van der Waals surface area (Å²) in [6.45, 7) is 1.89. The van der Waals surface area contributed by atoms with Crippen molar-refractivity contribution in [2.75, 3.05) is 5.75 Å². The van der Waals surface area contributed by atoms with Crippen LogP contribution in [0.1, 0.15) is 18.4 Å². The lowest BCUT2D eigenvalue weighted by molar-refractivity contribution is -0.134. The quantitative estimate of drug-likeness (QED) is 0.505. The van der Waals surface area contributed by atoms with E-state index in [0.29, 0.717) is 12.8 Å². The lowest BCUT2D eigenvalue weighted by Crippen LogP contribution is -2.36. The first-order chi connectivity index (χ1) is 9.94. The van der Waals surface area contributed by atoms with Gasteiger partial charge in [-0.05, 0) is 37.8 Å². The van der Waals surface area contributed by atoms with E-state index in [2.05, 4.69) is 0 Å². The van der Waals surface area contributed by atoms with Gasteiger partial charge in [0.15, 0.2) is 9.84 Å². The minimum absolute atomic E-state index is 0.0987. The van der Waals surface area contributed by atoms with Crippen molar-refractivity contribution < 1.29 is 18.4 Å². The molecule has 5 nitrogen and oxygen atoms in total. The van der Waals surface area contributed by atoms with Crippen LogP contribution in [0.25, 0.3) is 0 Å². The normalized spacial score (nSPS) is 22.0. The molecular weight excluding hydrogens is 290 g/mol. The summed E-state index contributed by atoms with van der Waals surface area (Å²) in [5.41, 5.74) is 2.62. The molecule has 1 amide bonds. The number of rotatable bonds is 4. The van der Waals surface area contributed by atoms with Gasteiger partial charge in [-0.1, -0.05) is 29.8 Å². The van der Waals surface area contributed by atoms with Crippen LogP contribution in [0.4, 0.5) is 0 Å². The topological polar surface area (TPSA) is 83.5 Å². The summed E-state index contributed by atoms with van der Waals surface area (Å²) < 4.78 is 24.9. The molecule has 1 aromatic carbocycles. The number of benzene rings is 1. The molecule has 2 atom stereocenters. The summed E-state index contributed by atoms with van der Waals surface area (Å²) in [4.78, 5) is 11.9. The number of hydrogen-bond donors (Lipinski definition) is 2. The predicted molar refractivity (Wildman–Crippen MR) is 78.5 cm³/mol. The monoisotopic (exact) mass is 309 g/mol. The highest BCUT2D eigenvalue weighted by atomic mass is 32.2. The molecule has 1 aliphatic carbocycles. The minimum atomic E-state index is -3.45. The molecule has 0 aliphatic heterocycles. The van der Waals surface area contributed by atoms with E-state index < -0.39 is 21.7 Å². The maximum atomic E-state index is 12.4. The fraction of sp³-hybridized carbons (Fsp3) is 0.400. The van der Waals surface area contributed by atoms with Gasteiger partial charge >= 0.3 is 0 Å². The van der Waals surface area contributed by atoms with Gasteiger partial charge in [0.25, 0.3) is 0 Å². The SMILES string of the molecule is Cc1ccc(S(=O)(=O)CC2CC=CCC2C(=O)NO)cc1. The lowest BCUT2D eigenvalue weighted by atomic mass is 9.84. The van der Waals surface area contributed by atoms with E-state index in [1.807, 2.05) is 19.1 Å². The van der Waals surface area contributed by atoms with Gasteiger partial charge in [0.2, 0.25) is 5.91 Å². The summed E-state index contributed by atoms with van der Waals surface area (Å²) in [7, 11) is -3.45. The number of allylic oxidation sites excluding steroid dienone is 2. The average molecular weight is 309 g/mol. The standard InChI is InChI=1S/C15H19NO4S/c1-11-6-8-13(9-7-11)21(19,20)10-12-4-2-3-5-14(12)15(17)16-18/h2-3,6-9,12,14,18H,4-5,10H2,1H3,(H,16,17). The summed E-state index contributed by atoms with van der Waals surface area (Å²) >= 11 is 0. The second-order valence-corrected chi connectivity index (χ2v) is 7.41. The van der Waals surface area contributed by atoms with E-state index in [1.165, 1.54) is 0 Å². The molecule has 21 heavy (non-hydrogen) atoms. The van der Waals surface area contributed by atoms with Crippen LogP contribution in [0.15, 0.2) is 41.3 Å². The molecule has 0 saturated carbocycles. The summed E-state index contributed by atoms with van der Waals surface area (Å²) in [6.07, 6.45) is 4.69. The molecule has 1 aliphatic rings. The van der Waals surface area contributed by atoms with E-state index in [9.17, 15) is 13.2 Å². The molecule has 0 radical (unpaired) electrons. The predicted octanol–water partition coefficient (Wildman–Crippen LogP) is 1.86. The van der Waals surface area contributed by atoms with E-state index in [1.54, 1.807) is 29.7 Å². The van der Waals surface area contributed by atoms with Gasteiger partial charge in [-0.15, -0.1) is 0 Å². The Labute approximate surface area is 124 Å². The van der Waals surface area contributed by atoms with Crippen molar-refractivity contribution >= 4 is 15.7 Å². The highest BCUT2D eigenvalue weighted by Crippen LogP contribution is 2.29. The molecule has 0 heterocycles. The number of carbonyl (C=O) groups excluding carboxylic acids is 1. The molecule has 0 aromatic heterocycles. The van der Waals surface area contributed by atoms with Crippen LogP contribution in [0, 0.1) is 18.8 Å². The van der Waals surface area contributed by atoms with Crippen LogP contribution < -0.4 is 5.48 Å². The second-order valence-electron chi connectivity index (χ2n) is 5.38. The highest BCUT2D eigenvalue weighted by Gasteiger charge is 2.32. The number of carbonyl (C=O) groups is 1. The van der Waals surface area contributed by atoms with Crippen molar-refractivity contribution in [2.24, 2.45) is 11.8 Å². The second kappa shape index (κ2) is 6.41. The summed E-state index contributed by atoms with van der Waals surface area (Å²) in [5, 5.41) is 8.78. The zero-order valence-electron chi connectivity index (χ0n) is 11.8. The zero-order chi connectivity index (χ0) is 15.5. The van der Waals surface area contributed by atoms with Gasteiger partial charge in [0.05, 0.1) is 10.6 Å². The number of aryl methyl sites for hydroxylation is 1. The van der Waals surface area contributed by atoms with Crippen LogP contribution in [0.5, 0.6) is 0 Å². The van der Waals surface area contributed by atoms with Gasteiger partial charge in [0.1, 0.15) is 0 Å². The van der Waals surface area contributed by atoms with Crippen LogP contribution in [-0.4, -0.2) is 25.3 Å². The molecule has 2 N–H and O–H groups in total. The van der Waals surface area contributed by atoms with E-state index in [-0.39, 0.29) is 16.6 Å².